The predicted molar refractivity (Wildman–Crippen MR) is 112 cm³/mol. The second kappa shape index (κ2) is 15.7. The number of rotatable bonds is 18. The largest absolute Gasteiger partial charge is 0.353 e. The lowest BCUT2D eigenvalue weighted by Gasteiger charge is -2.44. The van der Waals surface area contributed by atoms with Crippen molar-refractivity contribution in [1.82, 2.24) is 5.32 Å². The highest BCUT2D eigenvalue weighted by Gasteiger charge is 2.39. The summed E-state index contributed by atoms with van der Waals surface area (Å²) in [4.78, 5) is 11.5. The summed E-state index contributed by atoms with van der Waals surface area (Å²) < 4.78 is 0. The molecular weight excluding hydrogens is 306 g/mol. The van der Waals surface area contributed by atoms with Gasteiger partial charge in [-0.05, 0) is 31.1 Å². The molecule has 25 heavy (non-hydrogen) atoms. The van der Waals surface area contributed by atoms with Crippen molar-refractivity contribution in [2.75, 3.05) is 0 Å². The molecule has 0 aliphatic rings. The molecule has 2 heteroatoms. The average molecular weight is 354 g/mol. The third kappa shape index (κ3) is 9.66. The first-order valence-electron chi connectivity index (χ1n) is 11.3. The van der Waals surface area contributed by atoms with Crippen LogP contribution < -0.4 is 5.32 Å². The smallest absolute Gasteiger partial charge is 0.207 e. The van der Waals surface area contributed by atoms with Gasteiger partial charge in [0.15, 0.2) is 0 Å². The maximum absolute atomic E-state index is 11.5. The highest BCUT2D eigenvalue weighted by atomic mass is 16.1. The van der Waals surface area contributed by atoms with E-state index in [9.17, 15) is 4.79 Å². The highest BCUT2D eigenvalue weighted by molar-refractivity contribution is 5.48. The van der Waals surface area contributed by atoms with E-state index in [0.29, 0.717) is 11.8 Å². The van der Waals surface area contributed by atoms with Crippen molar-refractivity contribution in [3.63, 3.8) is 0 Å². The first-order valence-corrected chi connectivity index (χ1v) is 11.3. The number of hydrogen-bond donors (Lipinski definition) is 1. The van der Waals surface area contributed by atoms with Crippen LogP contribution in [0.2, 0.25) is 0 Å². The van der Waals surface area contributed by atoms with Crippen LogP contribution in [-0.2, 0) is 4.79 Å². The molecule has 0 spiro atoms. The average Bonchev–Trinajstić information content (AvgIpc) is 2.62. The third-order valence-corrected chi connectivity index (χ3v) is 6.26. The summed E-state index contributed by atoms with van der Waals surface area (Å²) in [6, 6.07) is 0. The van der Waals surface area contributed by atoms with Crippen molar-refractivity contribution in [2.45, 2.75) is 130 Å². The Morgan fingerprint density at radius 1 is 0.720 bits per heavy atom. The van der Waals surface area contributed by atoms with Gasteiger partial charge in [-0.15, -0.1) is 0 Å². The second-order valence-corrected chi connectivity index (χ2v) is 8.26. The van der Waals surface area contributed by atoms with E-state index in [1.54, 1.807) is 0 Å². The van der Waals surface area contributed by atoms with Crippen molar-refractivity contribution < 1.29 is 4.79 Å². The number of unbranched alkanes of at least 4 members (excludes halogenated alkanes) is 8. The quantitative estimate of drug-likeness (QED) is 0.204. The fourth-order valence-electron chi connectivity index (χ4n) is 4.36. The van der Waals surface area contributed by atoms with Crippen LogP contribution in [0.25, 0.3) is 0 Å². The van der Waals surface area contributed by atoms with E-state index in [2.05, 4.69) is 39.9 Å². The van der Waals surface area contributed by atoms with Crippen LogP contribution in [0, 0.1) is 11.8 Å². The molecule has 0 radical (unpaired) electrons. The van der Waals surface area contributed by atoms with Gasteiger partial charge in [0, 0.05) is 5.54 Å². The number of carbonyl (C=O) groups excluding carboxylic acids is 1. The van der Waals surface area contributed by atoms with Gasteiger partial charge in [-0.1, -0.05) is 105 Å². The van der Waals surface area contributed by atoms with E-state index >= 15 is 0 Å². The Labute approximate surface area is 158 Å². The van der Waals surface area contributed by atoms with E-state index in [1.807, 2.05) is 0 Å². The lowest BCUT2D eigenvalue weighted by atomic mass is 9.69. The number of hydrogen-bond acceptors (Lipinski definition) is 1. The zero-order valence-corrected chi connectivity index (χ0v) is 18.0. The molecule has 0 aromatic heterocycles. The predicted octanol–water partition coefficient (Wildman–Crippen LogP) is 7.26. The molecule has 0 saturated carbocycles. The molecule has 2 unspecified atom stereocenters. The topological polar surface area (TPSA) is 29.1 Å². The Bertz CT molecular complexity index is 288. The summed E-state index contributed by atoms with van der Waals surface area (Å²) in [6.07, 6.45) is 18.9. The van der Waals surface area contributed by atoms with E-state index in [0.717, 1.165) is 12.8 Å². The van der Waals surface area contributed by atoms with Gasteiger partial charge in [0.2, 0.25) is 6.41 Å². The van der Waals surface area contributed by atoms with Crippen molar-refractivity contribution in [3.05, 3.63) is 0 Å². The summed E-state index contributed by atoms with van der Waals surface area (Å²) in [5.41, 5.74) is -0.00446. The van der Waals surface area contributed by atoms with Gasteiger partial charge >= 0.3 is 0 Å². The molecule has 0 aromatic carbocycles. The van der Waals surface area contributed by atoms with Crippen molar-refractivity contribution >= 4 is 6.41 Å². The summed E-state index contributed by atoms with van der Waals surface area (Å²) in [5.74, 6) is 1.12. The van der Waals surface area contributed by atoms with Crippen LogP contribution in [-0.4, -0.2) is 11.9 Å². The molecule has 0 aliphatic heterocycles. The molecule has 1 N–H and O–H groups in total. The second-order valence-electron chi connectivity index (χ2n) is 8.26. The van der Waals surface area contributed by atoms with Crippen molar-refractivity contribution in [2.24, 2.45) is 11.8 Å². The van der Waals surface area contributed by atoms with Gasteiger partial charge in [-0.3, -0.25) is 4.79 Å². The monoisotopic (exact) mass is 353 g/mol. The molecule has 2 nitrogen and oxygen atoms in total. The summed E-state index contributed by atoms with van der Waals surface area (Å²) in [5, 5.41) is 3.34. The maximum Gasteiger partial charge on any atom is 0.207 e. The Morgan fingerprint density at radius 3 is 1.60 bits per heavy atom. The number of nitrogens with one attached hydrogen (secondary N) is 1. The van der Waals surface area contributed by atoms with E-state index in [-0.39, 0.29) is 5.54 Å². The molecule has 0 aliphatic carbocycles. The Balaban J connectivity index is 4.78. The van der Waals surface area contributed by atoms with Gasteiger partial charge in [0.1, 0.15) is 0 Å². The third-order valence-electron chi connectivity index (χ3n) is 6.26. The maximum atomic E-state index is 11.5. The van der Waals surface area contributed by atoms with Gasteiger partial charge < -0.3 is 5.32 Å². The first kappa shape index (κ1) is 24.5. The summed E-state index contributed by atoms with van der Waals surface area (Å²) in [6.45, 7) is 11.5. The van der Waals surface area contributed by atoms with E-state index < -0.39 is 0 Å². The van der Waals surface area contributed by atoms with E-state index in [1.165, 1.54) is 83.5 Å². The minimum absolute atomic E-state index is 0.00446. The Morgan fingerprint density at radius 2 is 1.16 bits per heavy atom. The molecule has 1 amide bonds. The van der Waals surface area contributed by atoms with Gasteiger partial charge in [0.25, 0.3) is 0 Å². The SMILES string of the molecule is CCCCCCCCCC(NC=O)(C(C)CCCC)C(C)CCCC. The molecule has 0 aromatic rings. The van der Waals surface area contributed by atoms with Crippen LogP contribution in [0.3, 0.4) is 0 Å². The van der Waals surface area contributed by atoms with Crippen molar-refractivity contribution in [1.29, 1.82) is 0 Å². The highest BCUT2D eigenvalue weighted by Crippen LogP contribution is 2.37. The zero-order valence-electron chi connectivity index (χ0n) is 18.0. The van der Waals surface area contributed by atoms with Crippen LogP contribution in [0.5, 0.6) is 0 Å². The minimum Gasteiger partial charge on any atom is -0.353 e. The van der Waals surface area contributed by atoms with Crippen molar-refractivity contribution in [3.8, 4) is 0 Å². The van der Waals surface area contributed by atoms with E-state index in [4.69, 9.17) is 0 Å². The van der Waals surface area contributed by atoms with Crippen LogP contribution >= 0.6 is 0 Å². The Kier molecular flexibility index (Phi) is 15.4. The molecule has 0 rings (SSSR count). The molecular formula is C23H47NO. The number of carbonyl (C=O) groups is 1. The van der Waals surface area contributed by atoms with Crippen LogP contribution in [0.1, 0.15) is 125 Å². The normalized spacial score (nSPS) is 16.2. The minimum atomic E-state index is -0.00446. The standard InChI is InChI=1S/C23H47NO/c1-6-9-12-13-14-15-16-19-23(24-20-25,21(4)17-10-7-2)22(5)18-11-8-3/h20-22H,6-19H2,1-5H3,(H,24,25). The van der Waals surface area contributed by atoms with Crippen LogP contribution in [0.4, 0.5) is 0 Å². The lowest BCUT2D eigenvalue weighted by Crippen LogP contribution is -2.55. The molecule has 0 fully saturated rings. The molecule has 0 saturated heterocycles. The zero-order chi connectivity index (χ0) is 19.0. The summed E-state index contributed by atoms with van der Waals surface area (Å²) in [7, 11) is 0. The fourth-order valence-corrected chi connectivity index (χ4v) is 4.36. The van der Waals surface area contributed by atoms with Gasteiger partial charge in [-0.2, -0.15) is 0 Å². The molecule has 150 valence electrons. The number of amides is 1. The first-order chi connectivity index (χ1) is 12.1. The molecule has 0 heterocycles. The molecule has 0 bridgehead atoms. The lowest BCUT2D eigenvalue weighted by molar-refractivity contribution is -0.113. The van der Waals surface area contributed by atoms with Crippen LogP contribution in [0.15, 0.2) is 0 Å². The van der Waals surface area contributed by atoms with Gasteiger partial charge in [0.05, 0.1) is 0 Å². The van der Waals surface area contributed by atoms with Gasteiger partial charge in [-0.25, -0.2) is 0 Å². The summed E-state index contributed by atoms with van der Waals surface area (Å²) >= 11 is 0. The fraction of sp³-hybridized carbons (Fsp3) is 0.957. The Hall–Kier alpha value is -0.530. The molecule has 2 atom stereocenters.